The first-order chi connectivity index (χ1) is 10.5. The first-order valence-electron chi connectivity index (χ1n) is 6.42. The van der Waals surface area contributed by atoms with Crippen molar-refractivity contribution in [3.05, 3.63) is 69.8 Å². The van der Waals surface area contributed by atoms with E-state index in [1.807, 2.05) is 0 Å². The molecule has 112 valence electrons. The maximum absolute atomic E-state index is 11.9. The number of carbonyl (C=O) groups is 1. The van der Waals surface area contributed by atoms with Gasteiger partial charge in [0.05, 0.1) is 10.6 Å². The number of carbonyl (C=O) groups excluding carboxylic acids is 1. The van der Waals surface area contributed by atoms with Crippen LogP contribution in [0.3, 0.4) is 0 Å². The van der Waals surface area contributed by atoms with Gasteiger partial charge in [-0.1, -0.05) is 12.1 Å². The van der Waals surface area contributed by atoms with Gasteiger partial charge in [-0.2, -0.15) is 5.10 Å². The number of hydrogen-bond acceptors (Lipinski definition) is 5. The molecule has 3 N–H and O–H groups in total. The number of nitrogens with zero attached hydrogens (tertiary/aromatic N) is 2. The Balaban J connectivity index is 2.12. The van der Waals surface area contributed by atoms with Gasteiger partial charge in [0.1, 0.15) is 0 Å². The highest BCUT2D eigenvalue weighted by molar-refractivity contribution is 6.01. The van der Waals surface area contributed by atoms with Crippen molar-refractivity contribution in [3.63, 3.8) is 0 Å². The molecule has 0 unspecified atom stereocenters. The lowest BCUT2D eigenvalue weighted by molar-refractivity contribution is -0.384. The van der Waals surface area contributed by atoms with Crippen LogP contribution in [0.2, 0.25) is 0 Å². The van der Waals surface area contributed by atoms with Gasteiger partial charge in [-0.15, -0.1) is 0 Å². The Labute approximate surface area is 126 Å². The predicted molar refractivity (Wildman–Crippen MR) is 83.6 cm³/mol. The summed E-state index contributed by atoms with van der Waals surface area (Å²) in [6, 6.07) is 12.4. The number of nitrogens with one attached hydrogen (secondary N) is 1. The zero-order valence-corrected chi connectivity index (χ0v) is 11.8. The molecule has 7 heteroatoms. The van der Waals surface area contributed by atoms with E-state index in [4.69, 9.17) is 5.73 Å². The summed E-state index contributed by atoms with van der Waals surface area (Å²) in [5, 5.41) is 14.7. The highest BCUT2D eigenvalue weighted by Gasteiger charge is 2.08. The summed E-state index contributed by atoms with van der Waals surface area (Å²) in [6.45, 7) is 1.66. The molecular weight excluding hydrogens is 284 g/mol. The van der Waals surface area contributed by atoms with Gasteiger partial charge in [0.25, 0.3) is 11.6 Å². The minimum Gasteiger partial charge on any atom is -0.399 e. The normalized spacial score (nSPS) is 11.0. The topological polar surface area (TPSA) is 111 Å². The molecular formula is C15H14N4O3. The molecule has 0 saturated carbocycles. The van der Waals surface area contributed by atoms with Gasteiger partial charge in [-0.05, 0) is 31.2 Å². The zero-order valence-electron chi connectivity index (χ0n) is 11.8. The summed E-state index contributed by atoms with van der Waals surface area (Å²) in [5.41, 5.74) is 9.93. The van der Waals surface area contributed by atoms with Crippen LogP contribution in [0.1, 0.15) is 22.8 Å². The van der Waals surface area contributed by atoms with E-state index in [0.29, 0.717) is 22.5 Å². The molecule has 0 atom stereocenters. The van der Waals surface area contributed by atoms with E-state index >= 15 is 0 Å². The average Bonchev–Trinajstić information content (AvgIpc) is 2.53. The molecule has 0 bridgehead atoms. The number of anilines is 1. The molecule has 0 heterocycles. The van der Waals surface area contributed by atoms with Crippen LogP contribution < -0.4 is 11.2 Å². The van der Waals surface area contributed by atoms with Gasteiger partial charge in [-0.3, -0.25) is 14.9 Å². The zero-order chi connectivity index (χ0) is 16.1. The second kappa shape index (κ2) is 6.49. The smallest absolute Gasteiger partial charge is 0.271 e. The molecule has 0 fully saturated rings. The number of non-ortho nitro benzene ring substituents is 1. The van der Waals surface area contributed by atoms with Gasteiger partial charge in [0.15, 0.2) is 0 Å². The third kappa shape index (κ3) is 3.66. The Morgan fingerprint density at radius 3 is 2.50 bits per heavy atom. The number of nitrogen functional groups attached to an aromatic ring is 1. The van der Waals surface area contributed by atoms with Crippen LogP contribution >= 0.6 is 0 Å². The van der Waals surface area contributed by atoms with Crippen molar-refractivity contribution in [2.75, 3.05) is 5.73 Å². The van der Waals surface area contributed by atoms with Crippen LogP contribution in [0.15, 0.2) is 53.6 Å². The number of hydrazone groups is 1. The fourth-order valence-corrected chi connectivity index (χ4v) is 1.74. The molecule has 1 amide bonds. The molecule has 0 aromatic heterocycles. The molecule has 2 rings (SSSR count). The minimum atomic E-state index is -0.482. The lowest BCUT2D eigenvalue weighted by atomic mass is 10.1. The van der Waals surface area contributed by atoms with Crippen LogP contribution in [0.4, 0.5) is 11.4 Å². The number of amides is 1. The van der Waals surface area contributed by atoms with Gasteiger partial charge < -0.3 is 5.73 Å². The fraction of sp³-hybridized carbons (Fsp3) is 0.0667. The van der Waals surface area contributed by atoms with Gasteiger partial charge in [0, 0.05) is 28.9 Å². The maximum Gasteiger partial charge on any atom is 0.271 e. The molecule has 2 aromatic carbocycles. The van der Waals surface area contributed by atoms with Crippen molar-refractivity contribution in [2.45, 2.75) is 6.92 Å². The first kappa shape index (κ1) is 15.2. The number of benzene rings is 2. The summed E-state index contributed by atoms with van der Waals surface area (Å²) in [7, 11) is 0. The fourth-order valence-electron chi connectivity index (χ4n) is 1.74. The Morgan fingerprint density at radius 2 is 1.86 bits per heavy atom. The van der Waals surface area contributed by atoms with E-state index < -0.39 is 4.92 Å². The lowest BCUT2D eigenvalue weighted by Gasteiger charge is -2.03. The molecule has 22 heavy (non-hydrogen) atoms. The van der Waals surface area contributed by atoms with Crippen LogP contribution in [0.25, 0.3) is 0 Å². The number of hydrogen-bond donors (Lipinski definition) is 2. The Kier molecular flexibility index (Phi) is 4.47. The quantitative estimate of drug-likeness (QED) is 0.390. The monoisotopic (exact) mass is 298 g/mol. The third-order valence-electron chi connectivity index (χ3n) is 2.97. The van der Waals surface area contributed by atoms with Crippen LogP contribution in [-0.2, 0) is 0 Å². The minimum absolute atomic E-state index is 0.0306. The summed E-state index contributed by atoms with van der Waals surface area (Å²) in [5.74, 6) is -0.384. The second-order valence-corrected chi connectivity index (χ2v) is 4.57. The average molecular weight is 298 g/mol. The van der Waals surface area contributed by atoms with Gasteiger partial charge in [0.2, 0.25) is 0 Å². The first-order valence-corrected chi connectivity index (χ1v) is 6.42. The van der Waals surface area contributed by atoms with E-state index in [1.54, 1.807) is 43.3 Å². The number of nitrogens with two attached hydrogens (primary N) is 1. The van der Waals surface area contributed by atoms with Crippen molar-refractivity contribution in [1.82, 2.24) is 5.43 Å². The van der Waals surface area contributed by atoms with E-state index in [1.165, 1.54) is 12.1 Å². The van der Waals surface area contributed by atoms with Crippen molar-refractivity contribution in [2.24, 2.45) is 5.10 Å². The Bertz CT molecular complexity index is 739. The summed E-state index contributed by atoms with van der Waals surface area (Å²) in [4.78, 5) is 22.2. The van der Waals surface area contributed by atoms with E-state index in [9.17, 15) is 14.9 Å². The van der Waals surface area contributed by atoms with Crippen molar-refractivity contribution in [1.29, 1.82) is 0 Å². The van der Waals surface area contributed by atoms with Gasteiger partial charge in [-0.25, -0.2) is 5.43 Å². The summed E-state index contributed by atoms with van der Waals surface area (Å²) >= 11 is 0. The van der Waals surface area contributed by atoms with Crippen LogP contribution in [0, 0.1) is 10.1 Å². The second-order valence-electron chi connectivity index (χ2n) is 4.57. The largest absolute Gasteiger partial charge is 0.399 e. The Hall–Kier alpha value is -3.22. The van der Waals surface area contributed by atoms with E-state index in [-0.39, 0.29) is 11.6 Å². The third-order valence-corrected chi connectivity index (χ3v) is 2.97. The SMILES string of the molecule is C/C(=N\NC(=O)c1ccc(N)cc1)c1cccc([N+](=O)[O-])c1. The van der Waals surface area contributed by atoms with E-state index in [0.717, 1.165) is 0 Å². The van der Waals surface area contributed by atoms with Crippen molar-refractivity contribution < 1.29 is 9.72 Å². The van der Waals surface area contributed by atoms with Crippen molar-refractivity contribution in [3.8, 4) is 0 Å². The standard InChI is InChI=1S/C15H14N4O3/c1-10(12-3-2-4-14(9-12)19(21)22)17-18-15(20)11-5-7-13(16)8-6-11/h2-9H,16H2,1H3,(H,18,20)/b17-10+. The molecule has 0 aliphatic rings. The maximum atomic E-state index is 11.9. The molecule has 0 spiro atoms. The molecule has 7 nitrogen and oxygen atoms in total. The number of nitro groups is 1. The van der Waals surface area contributed by atoms with Crippen LogP contribution in [-0.4, -0.2) is 16.5 Å². The molecule has 0 radical (unpaired) electrons. The Morgan fingerprint density at radius 1 is 1.18 bits per heavy atom. The van der Waals surface area contributed by atoms with Crippen LogP contribution in [0.5, 0.6) is 0 Å². The highest BCUT2D eigenvalue weighted by Crippen LogP contribution is 2.13. The predicted octanol–water partition coefficient (Wildman–Crippen LogP) is 2.33. The summed E-state index contributed by atoms with van der Waals surface area (Å²) < 4.78 is 0. The number of rotatable bonds is 4. The molecule has 0 aliphatic carbocycles. The molecule has 0 saturated heterocycles. The van der Waals surface area contributed by atoms with E-state index in [2.05, 4.69) is 10.5 Å². The lowest BCUT2D eigenvalue weighted by Crippen LogP contribution is -2.19. The highest BCUT2D eigenvalue weighted by atomic mass is 16.6. The van der Waals surface area contributed by atoms with Crippen molar-refractivity contribution >= 4 is 23.0 Å². The molecule has 0 aliphatic heterocycles. The van der Waals surface area contributed by atoms with Gasteiger partial charge >= 0.3 is 0 Å². The summed E-state index contributed by atoms with van der Waals surface area (Å²) in [6.07, 6.45) is 0. The molecule has 2 aromatic rings. The number of nitro benzene ring substituents is 1.